The first-order chi connectivity index (χ1) is 9.56. The summed E-state index contributed by atoms with van der Waals surface area (Å²) < 4.78 is 0. The number of hydrogen-bond acceptors (Lipinski definition) is 4. The fourth-order valence-electron chi connectivity index (χ4n) is 1.78. The summed E-state index contributed by atoms with van der Waals surface area (Å²) in [4.78, 5) is 34.3. The summed E-state index contributed by atoms with van der Waals surface area (Å²) in [6, 6.07) is 8.08. The summed E-state index contributed by atoms with van der Waals surface area (Å²) in [6.07, 6.45) is 0.0255. The van der Waals surface area contributed by atoms with Gasteiger partial charge in [-0.05, 0) is 12.1 Å². The fraction of sp³-hybridized carbons (Fsp3) is 0.308. The molecule has 2 amide bonds. The van der Waals surface area contributed by atoms with Crippen LogP contribution in [0.3, 0.4) is 0 Å². The van der Waals surface area contributed by atoms with Crippen molar-refractivity contribution in [3.63, 3.8) is 0 Å². The van der Waals surface area contributed by atoms with E-state index >= 15 is 0 Å². The van der Waals surface area contributed by atoms with Crippen LogP contribution < -0.4 is 10.6 Å². The highest BCUT2D eigenvalue weighted by Gasteiger charge is 2.33. The molecular formula is C13H14N2O4S. The van der Waals surface area contributed by atoms with Gasteiger partial charge in [0.2, 0.25) is 11.8 Å². The van der Waals surface area contributed by atoms with E-state index in [4.69, 9.17) is 5.11 Å². The number of carboxylic acid groups (broad SMARTS) is 1. The van der Waals surface area contributed by atoms with Gasteiger partial charge in [0.15, 0.2) is 0 Å². The first-order valence-electron chi connectivity index (χ1n) is 6.06. The molecule has 1 aliphatic heterocycles. The van der Waals surface area contributed by atoms with Gasteiger partial charge in [-0.3, -0.25) is 9.59 Å². The predicted molar refractivity (Wildman–Crippen MR) is 75.5 cm³/mol. The number of aliphatic carboxylic acids is 1. The molecular weight excluding hydrogens is 280 g/mol. The van der Waals surface area contributed by atoms with Crippen molar-refractivity contribution < 1.29 is 19.5 Å². The molecule has 1 aliphatic rings. The predicted octanol–water partition coefficient (Wildman–Crippen LogP) is 0.700. The maximum Gasteiger partial charge on any atom is 0.327 e. The van der Waals surface area contributed by atoms with E-state index in [9.17, 15) is 14.4 Å². The maximum absolute atomic E-state index is 11.8. The second-order valence-electron chi connectivity index (χ2n) is 4.34. The average Bonchev–Trinajstić information content (AvgIpc) is 2.42. The lowest BCUT2D eigenvalue weighted by atomic mass is 10.2. The normalized spacial score (nSPS) is 21.9. The zero-order valence-corrected chi connectivity index (χ0v) is 11.4. The Morgan fingerprint density at radius 2 is 2.05 bits per heavy atom. The molecule has 0 saturated carbocycles. The lowest BCUT2D eigenvalue weighted by Gasteiger charge is -2.25. The standard InChI is InChI=1S/C13H14N2O4S/c16-11(14-8-4-2-1-3-5-8)6-10-12(17)15-9(7-20-10)13(18)19/h1-5,9-10H,6-7H2,(H,14,16)(H,15,17)(H,18,19)/t9-,10+/m0/s1. The van der Waals surface area contributed by atoms with E-state index in [-0.39, 0.29) is 18.1 Å². The zero-order chi connectivity index (χ0) is 14.5. The molecule has 0 spiro atoms. The number of amides is 2. The van der Waals surface area contributed by atoms with Crippen molar-refractivity contribution in [1.82, 2.24) is 5.32 Å². The number of anilines is 1. The van der Waals surface area contributed by atoms with E-state index in [1.165, 1.54) is 11.8 Å². The molecule has 2 atom stereocenters. The van der Waals surface area contributed by atoms with Crippen LogP contribution in [0.4, 0.5) is 5.69 Å². The molecule has 0 aliphatic carbocycles. The Hall–Kier alpha value is -2.02. The van der Waals surface area contributed by atoms with E-state index in [1.54, 1.807) is 24.3 Å². The molecule has 1 fully saturated rings. The topological polar surface area (TPSA) is 95.5 Å². The Morgan fingerprint density at radius 1 is 1.35 bits per heavy atom. The maximum atomic E-state index is 11.8. The monoisotopic (exact) mass is 294 g/mol. The van der Waals surface area contributed by atoms with Crippen LogP contribution in [-0.4, -0.2) is 39.9 Å². The molecule has 0 bridgehead atoms. The lowest BCUT2D eigenvalue weighted by molar-refractivity contribution is -0.141. The first-order valence-corrected chi connectivity index (χ1v) is 7.11. The second kappa shape index (κ2) is 6.42. The highest BCUT2D eigenvalue weighted by Crippen LogP contribution is 2.21. The van der Waals surface area contributed by atoms with Crippen molar-refractivity contribution >= 4 is 35.2 Å². The quantitative estimate of drug-likeness (QED) is 0.760. The number of thioether (sulfide) groups is 1. The summed E-state index contributed by atoms with van der Waals surface area (Å²) in [5.41, 5.74) is 0.669. The second-order valence-corrected chi connectivity index (χ2v) is 5.58. The Bertz CT molecular complexity index is 520. The molecule has 7 heteroatoms. The van der Waals surface area contributed by atoms with Crippen LogP contribution in [0, 0.1) is 0 Å². The average molecular weight is 294 g/mol. The van der Waals surface area contributed by atoms with Gasteiger partial charge in [-0.1, -0.05) is 18.2 Å². The molecule has 20 heavy (non-hydrogen) atoms. The minimum absolute atomic E-state index is 0.0255. The fourth-order valence-corrected chi connectivity index (χ4v) is 2.92. The Labute approximate surface area is 119 Å². The third kappa shape index (κ3) is 3.74. The molecule has 1 saturated heterocycles. The largest absolute Gasteiger partial charge is 0.480 e. The van der Waals surface area contributed by atoms with Crippen molar-refractivity contribution in [2.24, 2.45) is 0 Å². The first kappa shape index (κ1) is 14.4. The summed E-state index contributed by atoms with van der Waals surface area (Å²) in [6.45, 7) is 0. The van der Waals surface area contributed by atoms with Crippen LogP contribution in [0.1, 0.15) is 6.42 Å². The number of nitrogens with one attached hydrogen (secondary N) is 2. The molecule has 0 aromatic heterocycles. The van der Waals surface area contributed by atoms with Gasteiger partial charge in [0.25, 0.3) is 0 Å². The molecule has 0 radical (unpaired) electrons. The van der Waals surface area contributed by atoms with Gasteiger partial charge >= 0.3 is 5.97 Å². The SMILES string of the molecule is O=C(C[C@H]1SC[C@@H](C(=O)O)NC1=O)Nc1ccccc1. The Kier molecular flexibility index (Phi) is 4.62. The third-order valence-electron chi connectivity index (χ3n) is 2.80. The highest BCUT2D eigenvalue weighted by molar-refractivity contribution is 8.00. The molecule has 1 heterocycles. The van der Waals surface area contributed by atoms with Crippen LogP contribution in [0.2, 0.25) is 0 Å². The Balaban J connectivity index is 1.86. The van der Waals surface area contributed by atoms with Gasteiger partial charge in [0.1, 0.15) is 6.04 Å². The number of hydrogen-bond donors (Lipinski definition) is 3. The number of rotatable bonds is 4. The number of carbonyl (C=O) groups is 3. The summed E-state index contributed by atoms with van der Waals surface area (Å²) in [7, 11) is 0. The van der Waals surface area contributed by atoms with Crippen LogP contribution in [0.5, 0.6) is 0 Å². The van der Waals surface area contributed by atoms with Crippen LogP contribution in [0.15, 0.2) is 30.3 Å². The summed E-state index contributed by atoms with van der Waals surface area (Å²) in [5, 5.41) is 13.4. The Morgan fingerprint density at radius 3 is 2.65 bits per heavy atom. The number of para-hydroxylation sites is 1. The van der Waals surface area contributed by atoms with E-state index in [0.717, 1.165) is 0 Å². The zero-order valence-electron chi connectivity index (χ0n) is 10.5. The molecule has 3 N–H and O–H groups in total. The number of carboxylic acids is 1. The smallest absolute Gasteiger partial charge is 0.327 e. The van der Waals surface area contributed by atoms with Gasteiger partial charge in [-0.15, -0.1) is 11.8 Å². The minimum atomic E-state index is -1.06. The molecule has 106 valence electrons. The van der Waals surface area contributed by atoms with Gasteiger partial charge in [-0.2, -0.15) is 0 Å². The minimum Gasteiger partial charge on any atom is -0.480 e. The van der Waals surface area contributed by atoms with Crippen molar-refractivity contribution in [2.45, 2.75) is 17.7 Å². The van der Waals surface area contributed by atoms with Crippen molar-refractivity contribution in [3.05, 3.63) is 30.3 Å². The van der Waals surface area contributed by atoms with Crippen LogP contribution >= 0.6 is 11.8 Å². The van der Waals surface area contributed by atoms with E-state index in [0.29, 0.717) is 5.69 Å². The van der Waals surface area contributed by atoms with Crippen molar-refractivity contribution in [3.8, 4) is 0 Å². The number of carbonyl (C=O) groups excluding carboxylic acids is 2. The van der Waals surface area contributed by atoms with E-state index in [1.807, 2.05) is 6.07 Å². The van der Waals surface area contributed by atoms with Gasteiger partial charge in [-0.25, -0.2) is 4.79 Å². The molecule has 6 nitrogen and oxygen atoms in total. The molecule has 2 rings (SSSR count). The summed E-state index contributed by atoms with van der Waals surface area (Å²) in [5.74, 6) is -1.46. The third-order valence-corrected chi connectivity index (χ3v) is 4.11. The van der Waals surface area contributed by atoms with Gasteiger partial charge in [0.05, 0.1) is 5.25 Å². The number of benzene rings is 1. The van der Waals surface area contributed by atoms with E-state index in [2.05, 4.69) is 10.6 Å². The lowest BCUT2D eigenvalue weighted by Crippen LogP contribution is -2.51. The van der Waals surface area contributed by atoms with Crippen molar-refractivity contribution in [1.29, 1.82) is 0 Å². The molecule has 1 aromatic rings. The van der Waals surface area contributed by atoms with Crippen LogP contribution in [-0.2, 0) is 14.4 Å². The molecule has 1 aromatic carbocycles. The highest BCUT2D eigenvalue weighted by atomic mass is 32.2. The molecule has 0 unspecified atom stereocenters. The van der Waals surface area contributed by atoms with E-state index < -0.39 is 23.2 Å². The van der Waals surface area contributed by atoms with Gasteiger partial charge in [0, 0.05) is 17.9 Å². The van der Waals surface area contributed by atoms with Crippen LogP contribution in [0.25, 0.3) is 0 Å². The van der Waals surface area contributed by atoms with Crippen molar-refractivity contribution in [2.75, 3.05) is 11.1 Å². The summed E-state index contributed by atoms with van der Waals surface area (Å²) >= 11 is 1.19. The van der Waals surface area contributed by atoms with Gasteiger partial charge < -0.3 is 15.7 Å².